The van der Waals surface area contributed by atoms with Gasteiger partial charge in [0.05, 0.1) is 22.8 Å². The summed E-state index contributed by atoms with van der Waals surface area (Å²) in [6, 6.07) is 36.7. The van der Waals surface area contributed by atoms with Gasteiger partial charge in [-0.15, -0.1) is 0 Å². The number of fused-ring (bicyclic) bond motifs is 8. The lowest BCUT2D eigenvalue weighted by atomic mass is 10.0. The van der Waals surface area contributed by atoms with Gasteiger partial charge in [0.25, 0.3) is 0 Å². The van der Waals surface area contributed by atoms with Gasteiger partial charge in [0.2, 0.25) is 0 Å². The molecule has 3 aromatic carbocycles. The van der Waals surface area contributed by atoms with Crippen LogP contribution in [0.1, 0.15) is 22.8 Å². The van der Waals surface area contributed by atoms with Gasteiger partial charge in [0.15, 0.2) is 0 Å². The Hall–Kier alpha value is -6.14. The molecule has 210 valence electrons. The SMILES string of the molecule is Nc1ccc(-c2c3nc(c(-c4ccc(N)cc4)c4ccc([nH]4)c(-c4ccccc4)c4nc(cc5ccc2[nH]5)C=C4)C=C3)cc1. The van der Waals surface area contributed by atoms with Crippen molar-refractivity contribution in [1.29, 1.82) is 0 Å². The van der Waals surface area contributed by atoms with Crippen molar-refractivity contribution in [3.8, 4) is 33.4 Å². The number of aromatic amines is 2. The standard InChI is InChI=1S/C38H28N6/c39-26-10-6-24(7-11-26)37-31-17-15-29(42-31)22-28-14-16-30(41-28)36(23-4-2-1-3-5-23)32-18-20-34(43-32)38(35-21-19-33(37)44-35)25-8-12-27(40)13-9-25/h1-22,42-43H,39-40H2. The van der Waals surface area contributed by atoms with Gasteiger partial charge in [-0.2, -0.15) is 0 Å². The number of nitrogens with zero attached hydrogens (tertiary/aromatic N) is 2. The van der Waals surface area contributed by atoms with Gasteiger partial charge >= 0.3 is 0 Å². The lowest BCUT2D eigenvalue weighted by molar-refractivity contribution is 1.31. The molecule has 3 aromatic heterocycles. The summed E-state index contributed by atoms with van der Waals surface area (Å²) in [5.74, 6) is 0. The van der Waals surface area contributed by atoms with Crippen LogP contribution in [0.3, 0.4) is 0 Å². The number of benzene rings is 3. The van der Waals surface area contributed by atoms with Crippen molar-refractivity contribution in [2.24, 2.45) is 0 Å². The van der Waals surface area contributed by atoms with Gasteiger partial charge in [-0.1, -0.05) is 54.6 Å². The normalized spacial score (nSPS) is 12.1. The highest BCUT2D eigenvalue weighted by Crippen LogP contribution is 2.36. The summed E-state index contributed by atoms with van der Waals surface area (Å²) < 4.78 is 0. The molecule has 6 N–H and O–H groups in total. The molecule has 5 heterocycles. The highest BCUT2D eigenvalue weighted by molar-refractivity contribution is 5.97. The molecule has 8 bridgehead atoms. The first kappa shape index (κ1) is 25.6. The zero-order valence-corrected chi connectivity index (χ0v) is 23.8. The van der Waals surface area contributed by atoms with Crippen molar-refractivity contribution >= 4 is 57.7 Å². The van der Waals surface area contributed by atoms with Crippen molar-refractivity contribution in [2.45, 2.75) is 0 Å². The molecule has 6 aromatic rings. The van der Waals surface area contributed by atoms with Gasteiger partial charge in [0.1, 0.15) is 0 Å². The summed E-state index contributed by atoms with van der Waals surface area (Å²) in [5, 5.41) is 0. The van der Waals surface area contributed by atoms with E-state index in [1.54, 1.807) is 0 Å². The number of hydrogen-bond acceptors (Lipinski definition) is 4. The molecule has 0 fully saturated rings. The average Bonchev–Trinajstić information content (AvgIpc) is 3.87. The minimum absolute atomic E-state index is 0.710. The first-order valence-corrected chi connectivity index (χ1v) is 14.5. The highest BCUT2D eigenvalue weighted by atomic mass is 14.8. The van der Waals surface area contributed by atoms with Crippen molar-refractivity contribution < 1.29 is 0 Å². The number of H-pyrrole nitrogens is 2. The number of aromatic nitrogens is 4. The van der Waals surface area contributed by atoms with Crippen LogP contribution in [0.5, 0.6) is 0 Å². The molecule has 0 saturated carbocycles. The van der Waals surface area contributed by atoms with E-state index in [-0.39, 0.29) is 0 Å². The molecule has 2 aliphatic heterocycles. The Morgan fingerprint density at radius 1 is 0.432 bits per heavy atom. The number of hydrogen-bond donors (Lipinski definition) is 4. The molecule has 0 aliphatic carbocycles. The number of rotatable bonds is 3. The summed E-state index contributed by atoms with van der Waals surface area (Å²) in [6.45, 7) is 0. The van der Waals surface area contributed by atoms with Crippen LogP contribution >= 0.6 is 0 Å². The van der Waals surface area contributed by atoms with Crippen molar-refractivity contribution in [1.82, 2.24) is 19.9 Å². The van der Waals surface area contributed by atoms with E-state index in [9.17, 15) is 0 Å². The topological polar surface area (TPSA) is 109 Å². The predicted molar refractivity (Wildman–Crippen MR) is 184 cm³/mol. The van der Waals surface area contributed by atoms with E-state index in [1.165, 1.54) is 0 Å². The largest absolute Gasteiger partial charge is 0.399 e. The lowest BCUT2D eigenvalue weighted by Gasteiger charge is -2.06. The molecule has 6 heteroatoms. The molecule has 0 atom stereocenters. The summed E-state index contributed by atoms with van der Waals surface area (Å²) in [5.41, 5.74) is 27.0. The smallest absolute Gasteiger partial charge is 0.0737 e. The maximum atomic E-state index is 6.10. The summed E-state index contributed by atoms with van der Waals surface area (Å²) in [7, 11) is 0. The molecular weight excluding hydrogens is 540 g/mol. The van der Waals surface area contributed by atoms with E-state index >= 15 is 0 Å². The van der Waals surface area contributed by atoms with Crippen LogP contribution in [0.25, 0.3) is 79.8 Å². The van der Waals surface area contributed by atoms with Gasteiger partial charge < -0.3 is 21.4 Å². The van der Waals surface area contributed by atoms with E-state index in [2.05, 4.69) is 88.9 Å². The zero-order valence-electron chi connectivity index (χ0n) is 23.8. The Morgan fingerprint density at radius 2 is 0.909 bits per heavy atom. The summed E-state index contributed by atoms with van der Waals surface area (Å²) in [4.78, 5) is 17.7. The third kappa shape index (κ3) is 4.55. The number of nitrogen functional groups attached to an aromatic ring is 2. The van der Waals surface area contributed by atoms with Crippen LogP contribution in [0.15, 0.2) is 109 Å². The van der Waals surface area contributed by atoms with Crippen LogP contribution in [-0.2, 0) is 0 Å². The van der Waals surface area contributed by atoms with Crippen molar-refractivity contribution in [2.75, 3.05) is 11.5 Å². The van der Waals surface area contributed by atoms with Gasteiger partial charge in [-0.05, 0) is 95.6 Å². The third-order valence-corrected chi connectivity index (χ3v) is 8.04. The second-order valence-electron chi connectivity index (χ2n) is 11.0. The predicted octanol–water partition coefficient (Wildman–Crippen LogP) is 8.82. The molecule has 2 aliphatic rings. The van der Waals surface area contributed by atoms with Crippen LogP contribution < -0.4 is 11.5 Å². The van der Waals surface area contributed by atoms with Crippen LogP contribution in [0, 0.1) is 0 Å². The van der Waals surface area contributed by atoms with Crippen molar-refractivity contribution in [3.05, 3.63) is 132 Å². The van der Waals surface area contributed by atoms with E-state index in [0.29, 0.717) is 11.4 Å². The molecule has 44 heavy (non-hydrogen) atoms. The Morgan fingerprint density at radius 3 is 1.50 bits per heavy atom. The number of nitrogens with two attached hydrogens (primary N) is 2. The van der Waals surface area contributed by atoms with Crippen LogP contribution in [0.2, 0.25) is 0 Å². The lowest BCUT2D eigenvalue weighted by Crippen LogP contribution is -1.90. The molecule has 0 saturated heterocycles. The highest BCUT2D eigenvalue weighted by Gasteiger charge is 2.16. The second-order valence-corrected chi connectivity index (χ2v) is 11.0. The van der Waals surface area contributed by atoms with Gasteiger partial charge in [0, 0.05) is 50.1 Å². The first-order valence-electron chi connectivity index (χ1n) is 14.5. The fraction of sp³-hybridized carbons (Fsp3) is 0. The average molecular weight is 569 g/mol. The third-order valence-electron chi connectivity index (χ3n) is 8.04. The van der Waals surface area contributed by atoms with Crippen LogP contribution in [0.4, 0.5) is 11.4 Å². The minimum atomic E-state index is 0.710. The maximum absolute atomic E-state index is 6.10. The Labute approximate surface area is 254 Å². The zero-order chi connectivity index (χ0) is 29.6. The Bertz CT molecular complexity index is 2270. The maximum Gasteiger partial charge on any atom is 0.0737 e. The monoisotopic (exact) mass is 568 g/mol. The quantitative estimate of drug-likeness (QED) is 0.160. The van der Waals surface area contributed by atoms with Crippen LogP contribution in [-0.4, -0.2) is 19.9 Å². The number of anilines is 2. The van der Waals surface area contributed by atoms with E-state index < -0.39 is 0 Å². The fourth-order valence-electron chi connectivity index (χ4n) is 5.95. The fourth-order valence-corrected chi connectivity index (χ4v) is 5.95. The molecule has 8 rings (SSSR count). The Balaban J connectivity index is 1.53. The second kappa shape index (κ2) is 10.3. The molecule has 0 unspecified atom stereocenters. The molecule has 0 spiro atoms. The molecule has 0 radical (unpaired) electrons. The molecule has 0 amide bonds. The van der Waals surface area contributed by atoms with E-state index in [1.807, 2.05) is 54.6 Å². The van der Waals surface area contributed by atoms with E-state index in [4.69, 9.17) is 21.4 Å². The van der Waals surface area contributed by atoms with Gasteiger partial charge in [-0.25, -0.2) is 9.97 Å². The minimum Gasteiger partial charge on any atom is -0.399 e. The molecule has 6 nitrogen and oxygen atoms in total. The number of nitrogens with one attached hydrogen (secondary N) is 2. The Kier molecular flexibility index (Phi) is 5.98. The van der Waals surface area contributed by atoms with Gasteiger partial charge in [-0.3, -0.25) is 0 Å². The summed E-state index contributed by atoms with van der Waals surface area (Å²) >= 11 is 0. The first-order chi connectivity index (χ1) is 21.6. The summed E-state index contributed by atoms with van der Waals surface area (Å²) in [6.07, 6.45) is 8.30. The van der Waals surface area contributed by atoms with E-state index in [0.717, 1.165) is 78.2 Å². The molecular formula is C38H28N6. The van der Waals surface area contributed by atoms with Crippen molar-refractivity contribution in [3.63, 3.8) is 0 Å².